The summed E-state index contributed by atoms with van der Waals surface area (Å²) in [6, 6.07) is 6.18. The lowest BCUT2D eigenvalue weighted by atomic mass is 10.1. The van der Waals surface area contributed by atoms with Gasteiger partial charge in [-0.3, -0.25) is 20.0 Å². The number of hydrogen-bond donors (Lipinski definition) is 2. The maximum absolute atomic E-state index is 12.9. The van der Waals surface area contributed by atoms with E-state index in [1.54, 1.807) is 17.0 Å². The first-order valence-electron chi connectivity index (χ1n) is 8.18. The van der Waals surface area contributed by atoms with E-state index in [4.69, 9.17) is 0 Å². The first-order chi connectivity index (χ1) is 12.6. The van der Waals surface area contributed by atoms with Gasteiger partial charge in [-0.1, -0.05) is 12.1 Å². The summed E-state index contributed by atoms with van der Waals surface area (Å²) < 4.78 is 14.4. The van der Waals surface area contributed by atoms with Gasteiger partial charge in [0.25, 0.3) is 11.7 Å². The van der Waals surface area contributed by atoms with Crippen LogP contribution in [0.2, 0.25) is 0 Å². The molecule has 1 saturated heterocycles. The minimum absolute atomic E-state index is 0.0693. The highest BCUT2D eigenvalue weighted by molar-refractivity contribution is 5.96. The number of anilines is 1. The molecule has 0 spiro atoms. The van der Waals surface area contributed by atoms with E-state index < -0.39 is 5.92 Å². The second-order valence-corrected chi connectivity index (χ2v) is 6.15. The fourth-order valence-electron chi connectivity index (χ4n) is 3.00. The molecule has 3 aromatic rings. The van der Waals surface area contributed by atoms with Crippen LogP contribution in [0.25, 0.3) is 5.78 Å². The lowest BCUT2D eigenvalue weighted by molar-refractivity contribution is -0.128. The molecule has 2 aromatic heterocycles. The molecule has 10 heteroatoms. The van der Waals surface area contributed by atoms with Crippen LogP contribution in [0.5, 0.6) is 0 Å². The Morgan fingerprint density at radius 3 is 2.92 bits per heavy atom. The van der Waals surface area contributed by atoms with Gasteiger partial charge in [0.2, 0.25) is 11.8 Å². The van der Waals surface area contributed by atoms with E-state index in [1.165, 1.54) is 23.0 Å². The summed E-state index contributed by atoms with van der Waals surface area (Å²) in [5.41, 5.74) is 0.942. The maximum atomic E-state index is 12.9. The van der Waals surface area contributed by atoms with Crippen molar-refractivity contribution in [3.63, 3.8) is 0 Å². The van der Waals surface area contributed by atoms with Crippen molar-refractivity contribution in [3.8, 4) is 0 Å². The lowest BCUT2D eigenvalue weighted by Gasteiger charge is -2.16. The number of benzene rings is 1. The second kappa shape index (κ2) is 6.54. The van der Waals surface area contributed by atoms with Gasteiger partial charge in [-0.05, 0) is 24.1 Å². The number of fused-ring (bicyclic) bond motifs is 1. The van der Waals surface area contributed by atoms with Crippen molar-refractivity contribution in [2.75, 3.05) is 18.4 Å². The zero-order valence-corrected chi connectivity index (χ0v) is 13.7. The molecule has 0 radical (unpaired) electrons. The maximum Gasteiger partial charge on any atom is 0.273 e. The third kappa shape index (κ3) is 3.13. The molecule has 1 atom stereocenters. The fraction of sp³-hybridized carbons (Fsp3) is 0.312. The van der Waals surface area contributed by atoms with Crippen molar-refractivity contribution in [1.29, 1.82) is 0 Å². The van der Waals surface area contributed by atoms with E-state index in [2.05, 4.69) is 25.6 Å². The molecule has 1 unspecified atom stereocenters. The second-order valence-electron chi connectivity index (χ2n) is 6.15. The smallest absolute Gasteiger partial charge is 0.273 e. The Morgan fingerprint density at radius 2 is 2.12 bits per heavy atom. The number of carbonyl (C=O) groups excluding carboxylic acids is 2. The largest absolute Gasteiger partial charge is 0.342 e. The summed E-state index contributed by atoms with van der Waals surface area (Å²) >= 11 is 0. The molecule has 1 aromatic carbocycles. The van der Waals surface area contributed by atoms with Crippen LogP contribution in [-0.2, 0) is 16.0 Å². The van der Waals surface area contributed by atoms with Crippen molar-refractivity contribution >= 4 is 23.5 Å². The number of likely N-dealkylation sites (tertiary alicyclic amines) is 1. The monoisotopic (exact) mass is 357 g/mol. The molecule has 2 amide bonds. The molecule has 134 valence electrons. The number of rotatable bonds is 5. The van der Waals surface area contributed by atoms with Crippen LogP contribution in [0.15, 0.2) is 30.6 Å². The third-order valence-electron chi connectivity index (χ3n) is 4.42. The van der Waals surface area contributed by atoms with Gasteiger partial charge in [-0.2, -0.15) is 9.50 Å². The van der Waals surface area contributed by atoms with E-state index in [-0.39, 0.29) is 30.0 Å². The summed E-state index contributed by atoms with van der Waals surface area (Å²) in [5, 5.41) is 13.1. The molecule has 0 bridgehead atoms. The Balaban J connectivity index is 1.35. The lowest BCUT2D eigenvalue weighted by Crippen LogP contribution is -2.30. The SMILES string of the molecule is O=C(Nc1nnc2nc[nH]n12)C1CC(=O)N(CCc2ccc(F)cc2)C1. The highest BCUT2D eigenvalue weighted by Crippen LogP contribution is 2.20. The molecular weight excluding hydrogens is 341 g/mol. The molecule has 1 fully saturated rings. The number of hydrogen-bond acceptors (Lipinski definition) is 5. The van der Waals surface area contributed by atoms with Gasteiger partial charge < -0.3 is 4.90 Å². The normalized spacial score (nSPS) is 17.2. The van der Waals surface area contributed by atoms with Gasteiger partial charge in [0, 0.05) is 19.5 Å². The van der Waals surface area contributed by atoms with Crippen molar-refractivity contribution < 1.29 is 14.0 Å². The van der Waals surface area contributed by atoms with Crippen LogP contribution in [0.3, 0.4) is 0 Å². The number of carbonyl (C=O) groups is 2. The predicted molar refractivity (Wildman–Crippen MR) is 88.6 cm³/mol. The van der Waals surface area contributed by atoms with Gasteiger partial charge in [0.15, 0.2) is 0 Å². The zero-order valence-electron chi connectivity index (χ0n) is 13.7. The number of amides is 2. The third-order valence-corrected chi connectivity index (χ3v) is 4.42. The van der Waals surface area contributed by atoms with Crippen LogP contribution in [0.1, 0.15) is 12.0 Å². The van der Waals surface area contributed by atoms with Crippen LogP contribution in [0, 0.1) is 11.7 Å². The molecule has 0 saturated carbocycles. The quantitative estimate of drug-likeness (QED) is 0.696. The van der Waals surface area contributed by atoms with Crippen molar-refractivity contribution in [1.82, 2.24) is 29.7 Å². The van der Waals surface area contributed by atoms with Crippen molar-refractivity contribution in [2.45, 2.75) is 12.8 Å². The highest BCUT2D eigenvalue weighted by Gasteiger charge is 2.34. The van der Waals surface area contributed by atoms with Gasteiger partial charge >= 0.3 is 0 Å². The molecule has 26 heavy (non-hydrogen) atoms. The number of H-pyrrole nitrogens is 1. The van der Waals surface area contributed by atoms with E-state index >= 15 is 0 Å². The fourth-order valence-corrected chi connectivity index (χ4v) is 3.00. The van der Waals surface area contributed by atoms with Crippen molar-refractivity contribution in [2.24, 2.45) is 5.92 Å². The summed E-state index contributed by atoms with van der Waals surface area (Å²) in [5.74, 6) is -0.510. The summed E-state index contributed by atoms with van der Waals surface area (Å²) in [7, 11) is 0. The zero-order chi connectivity index (χ0) is 18.1. The number of nitrogens with zero attached hydrogens (tertiary/aromatic N) is 5. The molecule has 4 rings (SSSR count). The van der Waals surface area contributed by atoms with E-state index in [0.717, 1.165) is 5.56 Å². The predicted octanol–water partition coefficient (Wildman–Crippen LogP) is 0.621. The number of halogens is 1. The Bertz CT molecular complexity index is 949. The summed E-state index contributed by atoms with van der Waals surface area (Å²) in [6.45, 7) is 0.834. The van der Waals surface area contributed by atoms with Crippen LogP contribution < -0.4 is 5.32 Å². The number of aromatic nitrogens is 5. The number of aromatic amines is 1. The Labute approximate surface area is 147 Å². The van der Waals surface area contributed by atoms with Gasteiger partial charge in [-0.25, -0.2) is 4.39 Å². The van der Waals surface area contributed by atoms with Gasteiger partial charge in [0.05, 0.1) is 5.92 Å². The average Bonchev–Trinajstić information content (AvgIpc) is 3.32. The first-order valence-corrected chi connectivity index (χ1v) is 8.18. The minimum Gasteiger partial charge on any atom is -0.342 e. The van der Waals surface area contributed by atoms with Crippen LogP contribution in [0.4, 0.5) is 10.3 Å². The van der Waals surface area contributed by atoms with Crippen LogP contribution >= 0.6 is 0 Å². The van der Waals surface area contributed by atoms with Gasteiger partial charge in [-0.15, -0.1) is 10.2 Å². The molecule has 9 nitrogen and oxygen atoms in total. The molecular formula is C16H16FN7O2. The minimum atomic E-state index is -0.453. The topological polar surface area (TPSA) is 108 Å². The van der Waals surface area contributed by atoms with E-state index in [1.807, 2.05) is 0 Å². The molecule has 2 N–H and O–H groups in total. The highest BCUT2D eigenvalue weighted by atomic mass is 19.1. The van der Waals surface area contributed by atoms with E-state index in [0.29, 0.717) is 25.3 Å². The molecule has 0 aliphatic carbocycles. The average molecular weight is 357 g/mol. The number of nitrogens with one attached hydrogen (secondary N) is 2. The molecule has 1 aliphatic heterocycles. The van der Waals surface area contributed by atoms with Crippen LogP contribution in [-0.4, -0.2) is 54.6 Å². The van der Waals surface area contributed by atoms with E-state index in [9.17, 15) is 14.0 Å². The standard InChI is InChI=1S/C16H16FN7O2/c17-12-3-1-10(2-4-12)5-6-23-8-11(7-13(23)25)14(26)20-16-22-21-15-18-9-19-24(15)16/h1-4,9,11H,5-8H2,(H,18,19,21)(H,20,22,26). The molecule has 3 heterocycles. The Hall–Kier alpha value is -3.30. The first kappa shape index (κ1) is 16.2. The Kier molecular flexibility index (Phi) is 4.07. The summed E-state index contributed by atoms with van der Waals surface area (Å²) in [4.78, 5) is 30.2. The van der Waals surface area contributed by atoms with Gasteiger partial charge in [0.1, 0.15) is 12.1 Å². The van der Waals surface area contributed by atoms with Crippen molar-refractivity contribution in [3.05, 3.63) is 42.0 Å². The molecule has 1 aliphatic rings. The Morgan fingerprint density at radius 1 is 1.31 bits per heavy atom. The summed E-state index contributed by atoms with van der Waals surface area (Å²) in [6.07, 6.45) is 2.20.